The van der Waals surface area contributed by atoms with Crippen molar-refractivity contribution in [3.63, 3.8) is 0 Å². The molecule has 1 saturated heterocycles. The predicted molar refractivity (Wildman–Crippen MR) is 89.2 cm³/mol. The van der Waals surface area contributed by atoms with Crippen LogP contribution >= 0.6 is 0 Å². The molecule has 5 nitrogen and oxygen atoms in total. The average molecular weight is 341 g/mol. The van der Waals surface area contributed by atoms with Gasteiger partial charge in [-0.15, -0.1) is 0 Å². The molecule has 1 aromatic carbocycles. The predicted octanol–water partition coefficient (Wildman–Crippen LogP) is 1.87. The van der Waals surface area contributed by atoms with E-state index in [4.69, 9.17) is 9.47 Å². The van der Waals surface area contributed by atoms with E-state index in [2.05, 4.69) is 15.6 Å². The Morgan fingerprint density at radius 1 is 1.29 bits per heavy atom. The molecular weight excluding hydrogens is 316 g/mol. The van der Waals surface area contributed by atoms with Crippen LogP contribution in [0.15, 0.2) is 23.2 Å². The highest BCUT2D eigenvalue weighted by atomic mass is 19.1. The van der Waals surface area contributed by atoms with Gasteiger partial charge in [-0.1, -0.05) is 6.07 Å². The number of halogens is 2. The number of hydrogen-bond acceptors (Lipinski definition) is 3. The lowest BCUT2D eigenvalue weighted by Gasteiger charge is -2.13. The smallest absolute Gasteiger partial charge is 0.190 e. The summed E-state index contributed by atoms with van der Waals surface area (Å²) < 4.78 is 38.0. The number of nitrogens with one attached hydrogen (secondary N) is 2. The van der Waals surface area contributed by atoms with Crippen molar-refractivity contribution < 1.29 is 18.3 Å². The third-order valence-electron chi connectivity index (χ3n) is 3.81. The fourth-order valence-corrected chi connectivity index (χ4v) is 2.47. The molecule has 1 aromatic rings. The molecule has 0 bridgehead atoms. The topological polar surface area (TPSA) is 54.9 Å². The summed E-state index contributed by atoms with van der Waals surface area (Å²) in [6.07, 6.45) is 2.28. The van der Waals surface area contributed by atoms with Crippen molar-refractivity contribution in [3.05, 3.63) is 35.4 Å². The average Bonchev–Trinajstić information content (AvgIpc) is 3.08. The Morgan fingerprint density at radius 2 is 2.04 bits per heavy atom. The maximum atomic E-state index is 13.5. The van der Waals surface area contributed by atoms with Crippen LogP contribution in [0.2, 0.25) is 0 Å². The van der Waals surface area contributed by atoms with Crippen LogP contribution in [-0.4, -0.2) is 52.0 Å². The van der Waals surface area contributed by atoms with Crippen LogP contribution in [0.25, 0.3) is 0 Å². The summed E-state index contributed by atoms with van der Waals surface area (Å²) in [7, 11) is 1.66. The molecule has 0 aromatic heterocycles. The zero-order chi connectivity index (χ0) is 17.2. The summed E-state index contributed by atoms with van der Waals surface area (Å²) in [6.45, 7) is 3.23. The van der Waals surface area contributed by atoms with Crippen LogP contribution < -0.4 is 10.6 Å². The summed E-state index contributed by atoms with van der Waals surface area (Å²) in [5, 5.41) is 6.20. The van der Waals surface area contributed by atoms with Crippen molar-refractivity contribution in [1.29, 1.82) is 0 Å². The summed E-state index contributed by atoms with van der Waals surface area (Å²) in [4.78, 5) is 4.09. The Morgan fingerprint density at radius 3 is 2.71 bits per heavy atom. The lowest BCUT2D eigenvalue weighted by Crippen LogP contribution is -2.39. The minimum atomic E-state index is -0.521. The van der Waals surface area contributed by atoms with E-state index in [1.165, 1.54) is 18.2 Å². The first-order valence-electron chi connectivity index (χ1n) is 8.27. The highest BCUT2D eigenvalue weighted by Crippen LogP contribution is 2.12. The van der Waals surface area contributed by atoms with Crippen LogP contribution in [0, 0.1) is 11.6 Å². The van der Waals surface area contributed by atoms with Crippen molar-refractivity contribution >= 4 is 5.96 Å². The molecule has 7 heteroatoms. The zero-order valence-electron chi connectivity index (χ0n) is 14.0. The van der Waals surface area contributed by atoms with Crippen LogP contribution in [-0.2, 0) is 15.9 Å². The first-order chi connectivity index (χ1) is 11.7. The van der Waals surface area contributed by atoms with Crippen molar-refractivity contribution in [3.8, 4) is 0 Å². The Bertz CT molecular complexity index is 514. The van der Waals surface area contributed by atoms with Crippen molar-refractivity contribution in [2.75, 3.05) is 40.0 Å². The molecule has 2 N–H and O–H groups in total. The second-order valence-corrected chi connectivity index (χ2v) is 5.59. The van der Waals surface area contributed by atoms with E-state index in [-0.39, 0.29) is 18.1 Å². The van der Waals surface area contributed by atoms with Crippen LogP contribution in [0.3, 0.4) is 0 Å². The van der Waals surface area contributed by atoms with E-state index in [0.717, 1.165) is 19.4 Å². The monoisotopic (exact) mass is 341 g/mol. The third-order valence-corrected chi connectivity index (χ3v) is 3.81. The van der Waals surface area contributed by atoms with Crippen molar-refractivity contribution in [2.45, 2.75) is 25.4 Å². The largest absolute Gasteiger partial charge is 0.379 e. The van der Waals surface area contributed by atoms with Gasteiger partial charge in [-0.25, -0.2) is 8.78 Å². The third kappa shape index (κ3) is 6.05. The van der Waals surface area contributed by atoms with Crippen LogP contribution in [0.4, 0.5) is 8.78 Å². The van der Waals surface area contributed by atoms with Gasteiger partial charge < -0.3 is 20.1 Å². The van der Waals surface area contributed by atoms with Gasteiger partial charge in [0.05, 0.1) is 12.7 Å². The number of hydrogen-bond donors (Lipinski definition) is 2. The molecule has 1 heterocycles. The number of nitrogens with zero attached hydrogens (tertiary/aromatic N) is 1. The van der Waals surface area contributed by atoms with Gasteiger partial charge in [0.15, 0.2) is 5.96 Å². The van der Waals surface area contributed by atoms with E-state index in [0.29, 0.717) is 32.3 Å². The van der Waals surface area contributed by atoms with Gasteiger partial charge in [-0.2, -0.15) is 0 Å². The Labute approximate surface area is 141 Å². The lowest BCUT2D eigenvalue weighted by atomic mass is 10.1. The standard InChI is InChI=1S/C17H25F2N3O2/c1-20-17(21-8-3-10-24-13-7-11-23-12-13)22-9-6-14-15(18)4-2-5-16(14)19/h2,4-5,13H,3,6-12H2,1H3,(H2,20,21,22). The molecule has 1 fully saturated rings. The Balaban J connectivity index is 1.60. The zero-order valence-corrected chi connectivity index (χ0v) is 14.0. The van der Waals surface area contributed by atoms with Gasteiger partial charge in [-0.05, 0) is 31.4 Å². The number of rotatable bonds is 8. The number of benzene rings is 1. The summed E-state index contributed by atoms with van der Waals surface area (Å²) in [5.41, 5.74) is 0.0904. The van der Waals surface area contributed by atoms with Gasteiger partial charge in [0, 0.05) is 38.9 Å². The van der Waals surface area contributed by atoms with Gasteiger partial charge in [0.1, 0.15) is 11.6 Å². The maximum Gasteiger partial charge on any atom is 0.190 e. The molecule has 1 unspecified atom stereocenters. The number of ether oxygens (including phenoxy) is 2. The number of guanidine groups is 1. The normalized spacial score (nSPS) is 18.0. The van der Waals surface area contributed by atoms with Gasteiger partial charge >= 0.3 is 0 Å². The molecule has 0 aliphatic carbocycles. The summed E-state index contributed by atoms with van der Waals surface area (Å²) in [6, 6.07) is 3.89. The Kier molecular flexibility index (Phi) is 7.91. The van der Waals surface area contributed by atoms with Crippen LogP contribution in [0.1, 0.15) is 18.4 Å². The molecule has 1 atom stereocenters. The molecule has 24 heavy (non-hydrogen) atoms. The van der Waals surface area contributed by atoms with E-state index >= 15 is 0 Å². The molecule has 1 aliphatic heterocycles. The highest BCUT2D eigenvalue weighted by Gasteiger charge is 2.15. The quantitative estimate of drug-likeness (QED) is 0.431. The maximum absolute atomic E-state index is 13.5. The minimum Gasteiger partial charge on any atom is -0.379 e. The molecule has 2 rings (SSSR count). The summed E-state index contributed by atoms with van der Waals surface area (Å²) >= 11 is 0. The lowest BCUT2D eigenvalue weighted by molar-refractivity contribution is 0.0420. The first-order valence-corrected chi connectivity index (χ1v) is 8.27. The molecule has 134 valence electrons. The van der Waals surface area contributed by atoms with E-state index in [1.54, 1.807) is 7.05 Å². The molecule has 0 spiro atoms. The van der Waals surface area contributed by atoms with Crippen molar-refractivity contribution in [2.24, 2.45) is 4.99 Å². The van der Waals surface area contributed by atoms with Gasteiger partial charge in [-0.3, -0.25) is 4.99 Å². The second-order valence-electron chi connectivity index (χ2n) is 5.59. The second kappa shape index (κ2) is 10.2. The summed E-state index contributed by atoms with van der Waals surface area (Å²) in [5.74, 6) is -0.434. The fraction of sp³-hybridized carbons (Fsp3) is 0.588. The molecule has 0 amide bonds. The number of aliphatic imine (C=N–C) groups is 1. The molecular formula is C17H25F2N3O2. The molecule has 0 saturated carbocycles. The minimum absolute atomic E-state index is 0.0904. The van der Waals surface area contributed by atoms with Gasteiger partial charge in [0.2, 0.25) is 0 Å². The SMILES string of the molecule is CN=C(NCCCOC1CCOC1)NCCc1c(F)cccc1F. The van der Waals surface area contributed by atoms with E-state index in [1.807, 2.05) is 0 Å². The van der Waals surface area contributed by atoms with E-state index < -0.39 is 11.6 Å². The Hall–Kier alpha value is -1.73. The first kappa shape index (κ1) is 18.6. The fourth-order valence-electron chi connectivity index (χ4n) is 2.47. The highest BCUT2D eigenvalue weighted by molar-refractivity contribution is 5.79. The van der Waals surface area contributed by atoms with Gasteiger partial charge in [0.25, 0.3) is 0 Å². The van der Waals surface area contributed by atoms with E-state index in [9.17, 15) is 8.78 Å². The van der Waals surface area contributed by atoms with Crippen molar-refractivity contribution in [1.82, 2.24) is 10.6 Å². The molecule has 0 radical (unpaired) electrons. The molecule has 1 aliphatic rings. The van der Waals surface area contributed by atoms with Crippen LogP contribution in [0.5, 0.6) is 0 Å².